The summed E-state index contributed by atoms with van der Waals surface area (Å²) in [5.74, 6) is 0. The van der Waals surface area contributed by atoms with E-state index in [0.717, 1.165) is 0 Å². The third kappa shape index (κ3) is 17.3. The van der Waals surface area contributed by atoms with E-state index in [0.29, 0.717) is 0 Å². The molecule has 0 unspecified atom stereocenters. The molecule has 0 aromatic rings. The zero-order chi connectivity index (χ0) is 8.41. The van der Waals surface area contributed by atoms with Crippen molar-refractivity contribution in [3.05, 3.63) is 0 Å². The summed E-state index contributed by atoms with van der Waals surface area (Å²) in [6.07, 6.45) is 0. The normalized spacial score (nSPS) is 11.2. The second kappa shape index (κ2) is 6.54. The third-order valence-corrected chi connectivity index (χ3v) is 0.823. The van der Waals surface area contributed by atoms with Crippen molar-refractivity contribution in [2.24, 2.45) is 0 Å². The topological polar surface area (TPSA) is 130 Å². The van der Waals surface area contributed by atoms with Gasteiger partial charge in [-0.05, 0) is 0 Å². The van der Waals surface area contributed by atoms with Gasteiger partial charge in [0.1, 0.15) is 0 Å². The summed E-state index contributed by atoms with van der Waals surface area (Å²) in [7, 11) is -10.00. The molecule has 0 aromatic heterocycles. The Morgan fingerprint density at radius 1 is 1.25 bits per heavy atom. The second-order valence-corrected chi connectivity index (χ2v) is 3.18. The van der Waals surface area contributed by atoms with Crippen LogP contribution < -0.4 is 0 Å². The Morgan fingerprint density at radius 2 is 1.58 bits per heavy atom. The molecular formula is H4FeLiO8PS. The Balaban J connectivity index is -0.000000405. The van der Waals surface area contributed by atoms with Crippen LogP contribution in [0.4, 0.5) is 0 Å². The zero-order valence-electron chi connectivity index (χ0n) is 4.59. The van der Waals surface area contributed by atoms with Gasteiger partial charge in [-0.15, -0.1) is 4.67 Å². The van der Waals surface area contributed by atoms with E-state index in [1.807, 2.05) is 0 Å². The maximum absolute atomic E-state index is 9.65. The summed E-state index contributed by atoms with van der Waals surface area (Å²) in [5.41, 5.74) is 0. The molecule has 0 rings (SSSR count). The van der Waals surface area contributed by atoms with Crippen LogP contribution >= 0.6 is 7.82 Å². The van der Waals surface area contributed by atoms with Gasteiger partial charge in [0, 0.05) is 17.1 Å². The fraction of sp³-hybridized carbons (Fsp3) is 0. The van der Waals surface area contributed by atoms with Crippen molar-refractivity contribution in [3.63, 3.8) is 0 Å². The molecule has 0 aliphatic heterocycles. The zero-order valence-corrected chi connectivity index (χ0v) is 7.41. The molecule has 0 aliphatic rings. The van der Waals surface area contributed by atoms with E-state index in [2.05, 4.69) is 9.01 Å². The van der Waals surface area contributed by atoms with Gasteiger partial charge in [-0.1, -0.05) is 4.33 Å². The molecule has 0 spiro atoms. The van der Waals surface area contributed by atoms with E-state index < -0.39 is 18.2 Å². The standard InChI is InChI=1S/Fe.Li.H3O8PS.H/c;;1-9(2,3)7-8-10(4,5)6;/h;;(H2,1,2,3)(H,4,5,6);. The Hall–Kier alpha value is 1.10. The van der Waals surface area contributed by atoms with Crippen molar-refractivity contribution >= 4 is 37.1 Å². The molecule has 0 aromatic carbocycles. The fourth-order valence-corrected chi connectivity index (χ4v) is 0.703. The van der Waals surface area contributed by atoms with Gasteiger partial charge in [-0.3, -0.25) is 4.55 Å². The molecule has 0 heterocycles. The van der Waals surface area contributed by atoms with E-state index in [1.165, 1.54) is 0 Å². The van der Waals surface area contributed by atoms with Crippen LogP contribution in [-0.2, 0) is 41.0 Å². The molecule has 0 radical (unpaired) electrons. The molecule has 0 atom stereocenters. The van der Waals surface area contributed by atoms with Crippen LogP contribution in [-0.4, -0.2) is 41.6 Å². The van der Waals surface area contributed by atoms with Crippen LogP contribution in [0.3, 0.4) is 0 Å². The van der Waals surface area contributed by atoms with E-state index in [4.69, 9.17) is 14.3 Å². The van der Waals surface area contributed by atoms with E-state index >= 15 is 0 Å². The van der Waals surface area contributed by atoms with E-state index in [-0.39, 0.29) is 35.9 Å². The molecule has 0 fully saturated rings. The minimum atomic E-state index is -5.02. The summed E-state index contributed by atoms with van der Waals surface area (Å²) < 4.78 is 42.2. The van der Waals surface area contributed by atoms with Crippen LogP contribution in [0.2, 0.25) is 0 Å². The molecule has 0 amide bonds. The molecule has 12 heavy (non-hydrogen) atoms. The monoisotopic (exact) mass is 258 g/mol. The predicted molar refractivity (Wildman–Crippen MR) is 32.9 cm³/mol. The number of phosphoric acid groups is 1. The van der Waals surface area contributed by atoms with Gasteiger partial charge in [0.05, 0.1) is 0 Å². The summed E-state index contributed by atoms with van der Waals surface area (Å²) >= 11 is 0. The van der Waals surface area contributed by atoms with Gasteiger partial charge >= 0.3 is 37.1 Å². The van der Waals surface area contributed by atoms with Crippen molar-refractivity contribution in [3.8, 4) is 0 Å². The Bertz CT molecular complexity index is 238. The Morgan fingerprint density at radius 3 is 1.67 bits per heavy atom. The molecule has 8 nitrogen and oxygen atoms in total. The molecule has 0 saturated carbocycles. The van der Waals surface area contributed by atoms with Gasteiger partial charge in [0.25, 0.3) is 0 Å². The third-order valence-electron chi connectivity index (χ3n) is 0.214. The molecule has 3 N–H and O–H groups in total. The average Bonchev–Trinajstić information content (AvgIpc) is 1.57. The van der Waals surface area contributed by atoms with Crippen LogP contribution in [0.25, 0.3) is 0 Å². The molecular weight excluding hydrogens is 254 g/mol. The molecule has 0 bridgehead atoms. The molecule has 0 saturated heterocycles. The van der Waals surface area contributed by atoms with Crippen LogP contribution in [0.5, 0.6) is 0 Å². The summed E-state index contributed by atoms with van der Waals surface area (Å²) in [6, 6.07) is 0. The van der Waals surface area contributed by atoms with Crippen LogP contribution in [0.15, 0.2) is 0 Å². The Kier molecular flexibility index (Phi) is 10.2. The van der Waals surface area contributed by atoms with Gasteiger partial charge in [0.2, 0.25) is 0 Å². The van der Waals surface area contributed by atoms with Crippen molar-refractivity contribution in [1.82, 2.24) is 0 Å². The van der Waals surface area contributed by atoms with Gasteiger partial charge in [0.15, 0.2) is 0 Å². The van der Waals surface area contributed by atoms with Gasteiger partial charge in [-0.25, -0.2) is 4.57 Å². The fourth-order valence-electron chi connectivity index (χ4n) is 0.0781. The van der Waals surface area contributed by atoms with Crippen molar-refractivity contribution in [2.75, 3.05) is 0 Å². The van der Waals surface area contributed by atoms with E-state index in [9.17, 15) is 13.0 Å². The second-order valence-electron chi connectivity index (χ2n) is 1.06. The van der Waals surface area contributed by atoms with Crippen molar-refractivity contribution in [2.45, 2.75) is 0 Å². The van der Waals surface area contributed by atoms with Gasteiger partial charge in [-0.2, -0.15) is 8.42 Å². The summed E-state index contributed by atoms with van der Waals surface area (Å²) in [5, 5.41) is 0. The predicted octanol–water partition coefficient (Wildman–Crippen LogP) is -1.82. The minimum absolute atomic E-state index is 0. The molecule has 72 valence electrons. The SMILES string of the molecule is O=P(O)(O)OOS(=O)(=O)O.[Fe].[LiH]. The first-order valence-corrected chi connectivity index (χ1v) is 4.51. The number of rotatable bonds is 3. The quantitative estimate of drug-likeness (QED) is 0.177. The molecule has 0 aliphatic carbocycles. The van der Waals surface area contributed by atoms with Crippen molar-refractivity contribution in [1.29, 1.82) is 0 Å². The molecule has 12 heteroatoms. The van der Waals surface area contributed by atoms with Crippen molar-refractivity contribution < 1.29 is 53.4 Å². The van der Waals surface area contributed by atoms with Crippen LogP contribution in [0.1, 0.15) is 0 Å². The number of hydrogen-bond acceptors (Lipinski definition) is 5. The average molecular weight is 258 g/mol. The van der Waals surface area contributed by atoms with Crippen LogP contribution in [0, 0.1) is 0 Å². The maximum atomic E-state index is 9.65. The Labute approximate surface area is 90.4 Å². The summed E-state index contributed by atoms with van der Waals surface area (Å²) in [6.45, 7) is 0. The first-order chi connectivity index (χ1) is 4.21. The van der Waals surface area contributed by atoms with E-state index in [1.54, 1.807) is 0 Å². The summed E-state index contributed by atoms with van der Waals surface area (Å²) in [4.78, 5) is 15.5. The first kappa shape index (κ1) is 18.8. The first-order valence-electron chi connectivity index (χ1n) is 1.61. The van der Waals surface area contributed by atoms with Gasteiger partial charge < -0.3 is 9.79 Å². The number of hydrogen-bond donors (Lipinski definition) is 3.